The third-order valence-electron chi connectivity index (χ3n) is 3.96. The molecule has 0 saturated carbocycles. The molecule has 0 aromatic heterocycles. The monoisotopic (exact) mass is 372 g/mol. The summed E-state index contributed by atoms with van der Waals surface area (Å²) in [5.41, 5.74) is 2.17. The van der Waals surface area contributed by atoms with Crippen LogP contribution in [0, 0.1) is 17.1 Å². The Labute approximate surface area is 154 Å². The van der Waals surface area contributed by atoms with E-state index < -0.39 is 0 Å². The largest absolute Gasteiger partial charge is 0.320 e. The molecule has 2 aromatic rings. The normalized spacial score (nSPS) is 17.2. The van der Waals surface area contributed by atoms with Crippen LogP contribution in [0.2, 0.25) is 5.02 Å². The molecule has 6 heteroatoms. The molecule has 126 valence electrons. The first kappa shape index (κ1) is 17.5. The number of rotatable bonds is 4. The number of benzene rings is 2. The second-order valence-corrected chi connectivity index (χ2v) is 6.98. The van der Waals surface area contributed by atoms with Gasteiger partial charge in [-0.3, -0.25) is 4.79 Å². The third-order valence-corrected chi connectivity index (χ3v) is 5.39. The molecule has 0 spiro atoms. The highest BCUT2D eigenvalue weighted by molar-refractivity contribution is 8.02. The van der Waals surface area contributed by atoms with Crippen LogP contribution in [0.5, 0.6) is 0 Å². The van der Waals surface area contributed by atoms with E-state index in [0.29, 0.717) is 21.4 Å². The summed E-state index contributed by atoms with van der Waals surface area (Å²) in [5, 5.41) is 13.6. The van der Waals surface area contributed by atoms with Crippen molar-refractivity contribution in [1.29, 1.82) is 5.26 Å². The molecule has 1 aliphatic heterocycles. The van der Waals surface area contributed by atoms with Crippen LogP contribution in [-0.4, -0.2) is 5.91 Å². The molecule has 0 radical (unpaired) electrons. The Bertz CT molecular complexity index is 874. The Kier molecular flexibility index (Phi) is 5.42. The number of nitrogens with one attached hydrogen (secondary N) is 1. The number of allylic oxidation sites excluding steroid dienone is 1. The summed E-state index contributed by atoms with van der Waals surface area (Å²) in [4.78, 5) is 12.1. The summed E-state index contributed by atoms with van der Waals surface area (Å²) in [6, 6.07) is 15.6. The van der Waals surface area contributed by atoms with E-state index in [9.17, 15) is 14.4 Å². The average molecular weight is 373 g/mol. The maximum absolute atomic E-state index is 13.2. The standard InChI is InChI=1S/C19H14ClFN2OS/c20-17-4-2-1-3-13(17)11-25-19-16(10-22)15(9-18(24)23-19)12-5-7-14(21)8-6-12/h1-8,15H,9,11H2,(H,23,24)/t15-/m0/s1. The van der Waals surface area contributed by atoms with Crippen molar-refractivity contribution >= 4 is 29.3 Å². The van der Waals surface area contributed by atoms with Crippen LogP contribution < -0.4 is 5.32 Å². The predicted molar refractivity (Wildman–Crippen MR) is 97.3 cm³/mol. The minimum atomic E-state index is -0.368. The Morgan fingerprint density at radius 3 is 2.64 bits per heavy atom. The summed E-state index contributed by atoms with van der Waals surface area (Å²) in [5.74, 6) is -0.334. The van der Waals surface area contributed by atoms with Crippen LogP contribution in [-0.2, 0) is 10.5 Å². The topological polar surface area (TPSA) is 52.9 Å². The zero-order valence-corrected chi connectivity index (χ0v) is 14.7. The van der Waals surface area contributed by atoms with Crippen LogP contribution in [0.3, 0.4) is 0 Å². The van der Waals surface area contributed by atoms with Crippen molar-refractivity contribution in [2.75, 3.05) is 0 Å². The van der Waals surface area contributed by atoms with Crippen LogP contribution in [0.15, 0.2) is 59.1 Å². The maximum Gasteiger partial charge on any atom is 0.225 e. The van der Waals surface area contributed by atoms with Gasteiger partial charge >= 0.3 is 0 Å². The fourth-order valence-corrected chi connectivity index (χ4v) is 4.04. The highest BCUT2D eigenvalue weighted by atomic mass is 35.5. The highest BCUT2D eigenvalue weighted by Crippen LogP contribution is 2.37. The fourth-order valence-electron chi connectivity index (χ4n) is 2.68. The number of amides is 1. The molecule has 0 fully saturated rings. The van der Waals surface area contributed by atoms with Crippen LogP contribution in [0.4, 0.5) is 4.39 Å². The average Bonchev–Trinajstić information content (AvgIpc) is 2.61. The second-order valence-electron chi connectivity index (χ2n) is 5.59. The van der Waals surface area contributed by atoms with E-state index >= 15 is 0 Å². The fraction of sp³-hybridized carbons (Fsp3) is 0.158. The van der Waals surface area contributed by atoms with Gasteiger partial charge in [0.2, 0.25) is 5.91 Å². The lowest BCUT2D eigenvalue weighted by Gasteiger charge is -2.25. The van der Waals surface area contributed by atoms with Gasteiger partial charge in [0.1, 0.15) is 5.82 Å². The second kappa shape index (κ2) is 7.73. The van der Waals surface area contributed by atoms with Crippen LogP contribution in [0.25, 0.3) is 0 Å². The molecule has 0 saturated heterocycles. The number of nitrogens with zero attached hydrogens (tertiary/aromatic N) is 1. The highest BCUT2D eigenvalue weighted by Gasteiger charge is 2.29. The van der Waals surface area contributed by atoms with E-state index in [1.807, 2.05) is 18.2 Å². The summed E-state index contributed by atoms with van der Waals surface area (Å²) >= 11 is 7.53. The Morgan fingerprint density at radius 2 is 1.96 bits per heavy atom. The van der Waals surface area contributed by atoms with Crippen LogP contribution in [0.1, 0.15) is 23.5 Å². The summed E-state index contributed by atoms with van der Waals surface area (Å²) in [6.07, 6.45) is 0.171. The smallest absolute Gasteiger partial charge is 0.225 e. The van der Waals surface area contributed by atoms with Gasteiger partial charge in [0.25, 0.3) is 0 Å². The molecule has 3 nitrogen and oxygen atoms in total. The lowest BCUT2D eigenvalue weighted by Crippen LogP contribution is -2.30. The first-order chi connectivity index (χ1) is 12.1. The SMILES string of the molecule is N#CC1=C(SCc2ccccc2Cl)NC(=O)C[C@H]1c1ccc(F)cc1. The van der Waals surface area contributed by atoms with Crippen molar-refractivity contribution in [2.24, 2.45) is 0 Å². The number of carbonyl (C=O) groups is 1. The molecule has 0 unspecified atom stereocenters. The van der Waals surface area contributed by atoms with E-state index in [1.54, 1.807) is 18.2 Å². The lowest BCUT2D eigenvalue weighted by molar-refractivity contribution is -0.120. The number of carbonyl (C=O) groups excluding carboxylic acids is 1. The molecule has 3 rings (SSSR count). The van der Waals surface area contributed by atoms with Gasteiger partial charge in [-0.1, -0.05) is 41.9 Å². The van der Waals surface area contributed by atoms with Gasteiger partial charge < -0.3 is 5.32 Å². The van der Waals surface area contributed by atoms with Crippen molar-refractivity contribution in [3.63, 3.8) is 0 Å². The number of hydrogen-bond donors (Lipinski definition) is 1. The van der Waals surface area contributed by atoms with Gasteiger partial charge in [0.05, 0.1) is 16.7 Å². The maximum atomic E-state index is 13.2. The number of nitriles is 1. The first-order valence-electron chi connectivity index (χ1n) is 7.64. The first-order valence-corrected chi connectivity index (χ1v) is 9.00. The molecule has 1 aliphatic rings. The predicted octanol–water partition coefficient (Wildman–Crippen LogP) is 4.75. The Hall–Kier alpha value is -2.29. The molecular formula is C19H14ClFN2OS. The third kappa shape index (κ3) is 4.04. The molecular weight excluding hydrogens is 359 g/mol. The van der Waals surface area contributed by atoms with Crippen molar-refractivity contribution in [3.8, 4) is 6.07 Å². The molecule has 2 aromatic carbocycles. The molecule has 1 atom stereocenters. The van der Waals surface area contributed by atoms with Gasteiger partial charge in [-0.15, -0.1) is 11.8 Å². The molecule has 0 bridgehead atoms. The number of thioether (sulfide) groups is 1. The molecule has 25 heavy (non-hydrogen) atoms. The van der Waals surface area contributed by atoms with E-state index in [4.69, 9.17) is 11.6 Å². The van der Waals surface area contributed by atoms with Crippen molar-refractivity contribution in [3.05, 3.63) is 81.1 Å². The van der Waals surface area contributed by atoms with E-state index in [-0.39, 0.29) is 24.1 Å². The number of halogens is 2. The van der Waals surface area contributed by atoms with Crippen molar-refractivity contribution < 1.29 is 9.18 Å². The van der Waals surface area contributed by atoms with Gasteiger partial charge in [-0.25, -0.2) is 4.39 Å². The molecule has 1 N–H and O–H groups in total. The Balaban J connectivity index is 1.89. The van der Waals surface area contributed by atoms with E-state index in [0.717, 1.165) is 11.1 Å². The van der Waals surface area contributed by atoms with Gasteiger partial charge in [0.15, 0.2) is 0 Å². The summed E-state index contributed by atoms with van der Waals surface area (Å²) in [6.45, 7) is 0. The minimum absolute atomic E-state index is 0.157. The van der Waals surface area contributed by atoms with E-state index in [2.05, 4.69) is 11.4 Å². The lowest BCUT2D eigenvalue weighted by atomic mass is 9.87. The van der Waals surface area contributed by atoms with E-state index in [1.165, 1.54) is 23.9 Å². The molecule has 1 heterocycles. The number of hydrogen-bond acceptors (Lipinski definition) is 3. The zero-order valence-electron chi connectivity index (χ0n) is 13.1. The summed E-state index contributed by atoms with van der Waals surface area (Å²) in [7, 11) is 0. The Morgan fingerprint density at radius 1 is 1.24 bits per heavy atom. The van der Waals surface area contributed by atoms with Crippen molar-refractivity contribution in [2.45, 2.75) is 18.1 Å². The summed E-state index contributed by atoms with van der Waals surface area (Å²) < 4.78 is 13.2. The minimum Gasteiger partial charge on any atom is -0.320 e. The zero-order chi connectivity index (χ0) is 17.8. The van der Waals surface area contributed by atoms with Gasteiger partial charge in [-0.2, -0.15) is 5.26 Å². The van der Waals surface area contributed by atoms with Gasteiger partial charge in [-0.05, 0) is 29.3 Å². The van der Waals surface area contributed by atoms with Gasteiger partial charge in [0, 0.05) is 23.1 Å². The quantitative estimate of drug-likeness (QED) is 0.842. The van der Waals surface area contributed by atoms with Crippen molar-refractivity contribution in [1.82, 2.24) is 5.32 Å². The molecule has 1 amide bonds. The van der Waals surface area contributed by atoms with Crippen LogP contribution >= 0.6 is 23.4 Å². The molecule has 0 aliphatic carbocycles.